The average molecular weight is 375 g/mol. The zero-order valence-electron chi connectivity index (χ0n) is 13.6. The summed E-state index contributed by atoms with van der Waals surface area (Å²) in [7, 11) is 1.60. The van der Waals surface area contributed by atoms with E-state index in [1.807, 2.05) is 35.7 Å². The van der Waals surface area contributed by atoms with Gasteiger partial charge >= 0.3 is 0 Å². The number of benzene rings is 1. The van der Waals surface area contributed by atoms with Crippen molar-refractivity contribution < 1.29 is 9.53 Å². The summed E-state index contributed by atoms with van der Waals surface area (Å²) in [6, 6.07) is 9.32. The van der Waals surface area contributed by atoms with Crippen molar-refractivity contribution in [2.24, 2.45) is 0 Å². The Morgan fingerprint density at radius 1 is 1.40 bits per heavy atom. The normalized spacial score (nSPS) is 10.8. The Hall–Kier alpha value is -2.45. The Labute approximate surface area is 153 Å². The molecule has 0 unspecified atom stereocenters. The van der Waals surface area contributed by atoms with Crippen LogP contribution < -0.4 is 15.6 Å². The van der Waals surface area contributed by atoms with Gasteiger partial charge in [-0.1, -0.05) is 12.1 Å². The molecule has 130 valence electrons. The summed E-state index contributed by atoms with van der Waals surface area (Å²) in [5, 5.41) is 4.68. The number of ether oxygens (including phenoxy) is 1. The van der Waals surface area contributed by atoms with E-state index >= 15 is 0 Å². The highest BCUT2D eigenvalue weighted by atomic mass is 32.1. The molecule has 0 atom stereocenters. The van der Waals surface area contributed by atoms with Crippen LogP contribution in [0.1, 0.15) is 12.0 Å². The van der Waals surface area contributed by atoms with Crippen LogP contribution in [0, 0.1) is 4.77 Å². The number of aromatic amines is 1. The number of H-pyrrole nitrogens is 1. The SMILES string of the molecule is COc1cccc(CNC(=O)CCn2c(=S)[nH]c3ccsc3c2=O)c1. The van der Waals surface area contributed by atoms with Gasteiger partial charge in [-0.15, -0.1) is 11.3 Å². The van der Waals surface area contributed by atoms with Crippen molar-refractivity contribution in [3.8, 4) is 5.75 Å². The fourth-order valence-electron chi connectivity index (χ4n) is 2.46. The van der Waals surface area contributed by atoms with Crippen LogP contribution in [0.5, 0.6) is 5.75 Å². The number of methoxy groups -OCH3 is 1. The second-order valence-electron chi connectivity index (χ2n) is 5.43. The molecule has 8 heteroatoms. The molecule has 0 aliphatic heterocycles. The number of thiophene rings is 1. The zero-order chi connectivity index (χ0) is 17.8. The highest BCUT2D eigenvalue weighted by Crippen LogP contribution is 2.14. The van der Waals surface area contributed by atoms with Gasteiger partial charge in [0, 0.05) is 19.5 Å². The number of aromatic nitrogens is 2. The molecule has 0 aliphatic carbocycles. The molecule has 2 N–H and O–H groups in total. The minimum absolute atomic E-state index is 0.143. The van der Waals surface area contributed by atoms with E-state index in [-0.39, 0.29) is 24.4 Å². The zero-order valence-corrected chi connectivity index (χ0v) is 15.2. The summed E-state index contributed by atoms with van der Waals surface area (Å²) in [5.74, 6) is 0.601. The predicted molar refractivity (Wildman–Crippen MR) is 101 cm³/mol. The molecule has 0 aliphatic rings. The maximum atomic E-state index is 12.4. The summed E-state index contributed by atoms with van der Waals surface area (Å²) in [6.07, 6.45) is 0.179. The number of nitrogens with one attached hydrogen (secondary N) is 2. The van der Waals surface area contributed by atoms with Crippen molar-refractivity contribution in [2.45, 2.75) is 19.5 Å². The van der Waals surface area contributed by atoms with Crippen LogP contribution in [0.2, 0.25) is 0 Å². The van der Waals surface area contributed by atoms with Crippen molar-refractivity contribution >= 4 is 39.7 Å². The third-order valence-electron chi connectivity index (χ3n) is 3.78. The first-order chi connectivity index (χ1) is 12.1. The summed E-state index contributed by atoms with van der Waals surface area (Å²) >= 11 is 6.58. The predicted octanol–water partition coefficient (Wildman–Crippen LogP) is 2.84. The van der Waals surface area contributed by atoms with Gasteiger partial charge < -0.3 is 15.0 Å². The summed E-state index contributed by atoms with van der Waals surface area (Å²) < 4.78 is 7.53. The first-order valence-electron chi connectivity index (χ1n) is 7.68. The first kappa shape index (κ1) is 17.4. The van der Waals surface area contributed by atoms with Gasteiger partial charge in [-0.25, -0.2) is 0 Å². The Morgan fingerprint density at radius 2 is 2.24 bits per heavy atom. The van der Waals surface area contributed by atoms with E-state index in [4.69, 9.17) is 17.0 Å². The molecule has 0 saturated carbocycles. The molecule has 0 radical (unpaired) electrons. The Morgan fingerprint density at radius 3 is 3.04 bits per heavy atom. The minimum atomic E-state index is -0.158. The molecule has 1 amide bonds. The van der Waals surface area contributed by atoms with Gasteiger partial charge in [-0.2, -0.15) is 0 Å². The van der Waals surface area contributed by atoms with Crippen LogP contribution in [0.25, 0.3) is 10.2 Å². The lowest BCUT2D eigenvalue weighted by Gasteiger charge is -2.08. The second-order valence-corrected chi connectivity index (χ2v) is 6.73. The fraction of sp³-hybridized carbons (Fsp3) is 0.235. The van der Waals surface area contributed by atoms with Gasteiger partial charge in [0.25, 0.3) is 5.56 Å². The quantitative estimate of drug-likeness (QED) is 0.650. The monoisotopic (exact) mass is 375 g/mol. The molecule has 0 spiro atoms. The highest BCUT2D eigenvalue weighted by molar-refractivity contribution is 7.71. The molecule has 0 fully saturated rings. The van der Waals surface area contributed by atoms with E-state index in [1.165, 1.54) is 15.9 Å². The maximum Gasteiger partial charge on any atom is 0.272 e. The molecule has 6 nitrogen and oxygen atoms in total. The van der Waals surface area contributed by atoms with Gasteiger partial charge in [-0.05, 0) is 41.4 Å². The summed E-state index contributed by atoms with van der Waals surface area (Å²) in [5.41, 5.74) is 1.52. The number of rotatable bonds is 6. The molecule has 3 rings (SSSR count). The van der Waals surface area contributed by atoms with Crippen LogP contribution in [-0.2, 0) is 17.9 Å². The maximum absolute atomic E-state index is 12.4. The van der Waals surface area contributed by atoms with Crippen molar-refractivity contribution in [2.75, 3.05) is 7.11 Å². The van der Waals surface area contributed by atoms with E-state index in [0.29, 0.717) is 16.0 Å². The van der Waals surface area contributed by atoms with Gasteiger partial charge in [0.05, 0.1) is 12.6 Å². The lowest BCUT2D eigenvalue weighted by atomic mass is 10.2. The summed E-state index contributed by atoms with van der Waals surface area (Å²) in [6.45, 7) is 0.647. The molecule has 0 bridgehead atoms. The van der Waals surface area contributed by atoms with Crippen LogP contribution in [-0.4, -0.2) is 22.6 Å². The number of hydrogen-bond acceptors (Lipinski definition) is 5. The van der Waals surface area contributed by atoms with Crippen LogP contribution in [0.3, 0.4) is 0 Å². The topological polar surface area (TPSA) is 76.1 Å². The Kier molecular flexibility index (Phi) is 5.30. The molecule has 3 aromatic rings. The third-order valence-corrected chi connectivity index (χ3v) is 5.00. The van der Waals surface area contributed by atoms with Crippen LogP contribution >= 0.6 is 23.6 Å². The fourth-order valence-corrected chi connectivity index (χ4v) is 3.54. The molecule has 0 saturated heterocycles. The number of nitrogens with zero attached hydrogens (tertiary/aromatic N) is 1. The third kappa shape index (κ3) is 3.97. The number of fused-ring (bicyclic) bond motifs is 1. The van der Waals surface area contributed by atoms with E-state index in [9.17, 15) is 9.59 Å². The molecular weight excluding hydrogens is 358 g/mol. The number of carbonyl (C=O) groups is 1. The van der Waals surface area contributed by atoms with Gasteiger partial charge in [0.2, 0.25) is 5.91 Å². The van der Waals surface area contributed by atoms with Crippen molar-refractivity contribution in [3.05, 3.63) is 56.4 Å². The molecular formula is C17H17N3O3S2. The van der Waals surface area contributed by atoms with Gasteiger partial charge in [-0.3, -0.25) is 14.2 Å². The molecule has 1 aromatic carbocycles. The lowest BCUT2D eigenvalue weighted by molar-refractivity contribution is -0.121. The largest absolute Gasteiger partial charge is 0.497 e. The number of carbonyl (C=O) groups excluding carboxylic acids is 1. The van der Waals surface area contributed by atoms with E-state index in [1.54, 1.807) is 7.11 Å². The lowest BCUT2D eigenvalue weighted by Crippen LogP contribution is -2.27. The van der Waals surface area contributed by atoms with Crippen molar-refractivity contribution in [1.82, 2.24) is 14.9 Å². The molecule has 2 aromatic heterocycles. The Bertz CT molecular complexity index is 1020. The molecule has 2 heterocycles. The number of amides is 1. The average Bonchev–Trinajstić information content (AvgIpc) is 3.08. The second kappa shape index (κ2) is 7.62. The van der Waals surface area contributed by atoms with Crippen molar-refractivity contribution in [1.29, 1.82) is 0 Å². The van der Waals surface area contributed by atoms with Gasteiger partial charge in [0.15, 0.2) is 4.77 Å². The smallest absolute Gasteiger partial charge is 0.272 e. The molecule has 25 heavy (non-hydrogen) atoms. The highest BCUT2D eigenvalue weighted by Gasteiger charge is 2.09. The van der Waals surface area contributed by atoms with Crippen LogP contribution in [0.4, 0.5) is 0 Å². The van der Waals surface area contributed by atoms with Gasteiger partial charge in [0.1, 0.15) is 10.4 Å². The number of hydrogen-bond donors (Lipinski definition) is 2. The van der Waals surface area contributed by atoms with E-state index in [2.05, 4.69) is 10.3 Å². The standard InChI is InChI=1S/C17H17N3O3S2/c1-23-12-4-2-3-11(9-12)10-18-14(21)5-7-20-16(22)15-13(6-8-25-15)19-17(20)24/h2-4,6,8-9H,5,7,10H2,1H3,(H,18,21)(H,19,24). The Balaban J connectivity index is 1.62. The summed E-state index contributed by atoms with van der Waals surface area (Å²) in [4.78, 5) is 27.5. The first-order valence-corrected chi connectivity index (χ1v) is 8.97. The minimum Gasteiger partial charge on any atom is -0.497 e. The van der Waals surface area contributed by atoms with E-state index in [0.717, 1.165) is 16.8 Å². The van der Waals surface area contributed by atoms with E-state index < -0.39 is 0 Å². The van der Waals surface area contributed by atoms with Crippen LogP contribution in [0.15, 0.2) is 40.5 Å². The van der Waals surface area contributed by atoms with Crippen molar-refractivity contribution in [3.63, 3.8) is 0 Å².